The molecule has 0 aromatic heterocycles. The quantitative estimate of drug-likeness (QED) is 0.240. The van der Waals surface area contributed by atoms with E-state index in [9.17, 15) is 18.0 Å². The van der Waals surface area contributed by atoms with Gasteiger partial charge in [-0.1, -0.05) is 84.7 Å². The van der Waals surface area contributed by atoms with Crippen molar-refractivity contribution in [2.45, 2.75) is 52.1 Å². The third kappa shape index (κ3) is 9.21. The monoisotopic (exact) mass is 617 g/mol. The summed E-state index contributed by atoms with van der Waals surface area (Å²) in [6.45, 7) is 4.43. The molecule has 41 heavy (non-hydrogen) atoms. The van der Waals surface area contributed by atoms with Crippen molar-refractivity contribution in [1.82, 2.24) is 10.2 Å². The van der Waals surface area contributed by atoms with E-state index in [2.05, 4.69) is 5.32 Å². The molecular weight excluding hydrogens is 581 g/mol. The molecule has 0 bridgehead atoms. The molecule has 10 heteroatoms. The smallest absolute Gasteiger partial charge is 0.243 e. The maximum atomic E-state index is 13.9. The molecule has 0 radical (unpaired) electrons. The van der Waals surface area contributed by atoms with Crippen LogP contribution in [0.15, 0.2) is 72.8 Å². The number of hydrogen-bond acceptors (Lipinski definition) is 4. The Morgan fingerprint density at radius 2 is 1.59 bits per heavy atom. The molecule has 0 aliphatic heterocycles. The standard InChI is InChI=1S/C31H37Cl2N3O4S/c1-4-19-34-31(38)29(21-24-12-6-5-7-13-24)35(22-25-14-8-9-15-27(25)33)30(37)18-11-20-36(41(3,39)40)28-17-10-16-26(32)23(28)2/h5-10,12-17,29H,4,11,18-22H2,1-3H3,(H,34,38)/t29-/m0/s1. The number of nitrogens with one attached hydrogen (secondary N) is 1. The van der Waals surface area contributed by atoms with Crippen LogP contribution in [0.5, 0.6) is 0 Å². The van der Waals surface area contributed by atoms with Crippen LogP contribution in [0.4, 0.5) is 5.69 Å². The number of benzene rings is 3. The topological polar surface area (TPSA) is 86.8 Å². The van der Waals surface area contributed by atoms with Crippen molar-refractivity contribution in [2.75, 3.05) is 23.7 Å². The summed E-state index contributed by atoms with van der Waals surface area (Å²) in [6.07, 6.45) is 2.48. The first-order chi connectivity index (χ1) is 19.5. The van der Waals surface area contributed by atoms with Gasteiger partial charge in [-0.15, -0.1) is 0 Å². The number of rotatable bonds is 14. The molecule has 0 heterocycles. The van der Waals surface area contributed by atoms with Crippen molar-refractivity contribution in [3.63, 3.8) is 0 Å². The maximum Gasteiger partial charge on any atom is 0.243 e. The lowest BCUT2D eigenvalue weighted by atomic mass is 10.0. The van der Waals surface area contributed by atoms with Crippen molar-refractivity contribution in [2.24, 2.45) is 0 Å². The van der Waals surface area contributed by atoms with E-state index < -0.39 is 16.1 Å². The van der Waals surface area contributed by atoms with Crippen LogP contribution in [0.1, 0.15) is 42.9 Å². The maximum absolute atomic E-state index is 13.9. The van der Waals surface area contributed by atoms with Gasteiger partial charge in [-0.2, -0.15) is 0 Å². The van der Waals surface area contributed by atoms with Crippen LogP contribution in [0.3, 0.4) is 0 Å². The van der Waals surface area contributed by atoms with Gasteiger partial charge in [0.25, 0.3) is 0 Å². The largest absolute Gasteiger partial charge is 0.354 e. The van der Waals surface area contributed by atoms with Gasteiger partial charge in [-0.3, -0.25) is 13.9 Å². The second kappa shape index (κ2) is 15.2. The molecule has 0 saturated heterocycles. The van der Waals surface area contributed by atoms with Crippen molar-refractivity contribution < 1.29 is 18.0 Å². The van der Waals surface area contributed by atoms with Crippen LogP contribution in [0.25, 0.3) is 0 Å². The van der Waals surface area contributed by atoms with E-state index in [1.165, 1.54) is 4.31 Å². The molecule has 3 rings (SSSR count). The van der Waals surface area contributed by atoms with E-state index in [-0.39, 0.29) is 37.7 Å². The van der Waals surface area contributed by atoms with E-state index in [1.807, 2.05) is 55.5 Å². The normalized spacial score (nSPS) is 12.0. The van der Waals surface area contributed by atoms with Crippen LogP contribution in [-0.4, -0.2) is 50.5 Å². The molecule has 2 amide bonds. The lowest BCUT2D eigenvalue weighted by Gasteiger charge is -2.32. The molecule has 3 aromatic rings. The van der Waals surface area contributed by atoms with Gasteiger partial charge in [0, 0.05) is 42.5 Å². The van der Waals surface area contributed by atoms with E-state index in [0.29, 0.717) is 34.3 Å². The lowest BCUT2D eigenvalue weighted by molar-refractivity contribution is -0.141. The van der Waals surface area contributed by atoms with Crippen LogP contribution in [0.2, 0.25) is 10.0 Å². The first kappa shape index (κ1) is 32.4. The SMILES string of the molecule is CCCNC(=O)[C@H](Cc1ccccc1)N(Cc1ccccc1Cl)C(=O)CCCN(c1cccc(Cl)c1C)S(C)(=O)=O. The van der Waals surface area contributed by atoms with Gasteiger partial charge in [0.15, 0.2) is 0 Å². The minimum Gasteiger partial charge on any atom is -0.354 e. The number of halogens is 2. The van der Waals surface area contributed by atoms with E-state index >= 15 is 0 Å². The van der Waals surface area contributed by atoms with Crippen LogP contribution in [-0.2, 0) is 32.6 Å². The van der Waals surface area contributed by atoms with Gasteiger partial charge in [0.05, 0.1) is 11.9 Å². The van der Waals surface area contributed by atoms with E-state index in [1.54, 1.807) is 36.1 Å². The number of hydrogen-bond donors (Lipinski definition) is 1. The third-order valence-corrected chi connectivity index (χ3v) is 8.74. The summed E-state index contributed by atoms with van der Waals surface area (Å²) in [5.74, 6) is -0.516. The molecule has 0 unspecified atom stereocenters. The Morgan fingerprint density at radius 1 is 0.927 bits per heavy atom. The van der Waals surface area contributed by atoms with Gasteiger partial charge >= 0.3 is 0 Å². The van der Waals surface area contributed by atoms with Gasteiger partial charge in [0.1, 0.15) is 6.04 Å². The first-order valence-electron chi connectivity index (χ1n) is 13.6. The summed E-state index contributed by atoms with van der Waals surface area (Å²) in [5.41, 5.74) is 2.75. The zero-order valence-electron chi connectivity index (χ0n) is 23.6. The van der Waals surface area contributed by atoms with Crippen molar-refractivity contribution in [3.8, 4) is 0 Å². The summed E-state index contributed by atoms with van der Waals surface area (Å²) in [6, 6.07) is 21.1. The minimum atomic E-state index is -3.64. The molecule has 1 atom stereocenters. The predicted octanol–water partition coefficient (Wildman–Crippen LogP) is 6.01. The summed E-state index contributed by atoms with van der Waals surface area (Å²) in [4.78, 5) is 28.9. The Hall–Kier alpha value is -3.07. The average Bonchev–Trinajstić information content (AvgIpc) is 2.94. The average molecular weight is 619 g/mol. The fourth-order valence-electron chi connectivity index (χ4n) is 4.58. The Bertz CT molecular complexity index is 1430. The van der Waals surface area contributed by atoms with Gasteiger partial charge in [0.2, 0.25) is 21.8 Å². The molecule has 0 aliphatic rings. The molecule has 0 spiro atoms. The van der Waals surface area contributed by atoms with Gasteiger partial charge < -0.3 is 10.2 Å². The van der Waals surface area contributed by atoms with Crippen LogP contribution < -0.4 is 9.62 Å². The first-order valence-corrected chi connectivity index (χ1v) is 16.2. The second-order valence-corrected chi connectivity index (χ2v) is 12.7. The van der Waals surface area contributed by atoms with Crippen molar-refractivity contribution in [1.29, 1.82) is 0 Å². The third-order valence-electron chi connectivity index (χ3n) is 6.78. The number of sulfonamides is 1. The molecule has 220 valence electrons. The lowest BCUT2D eigenvalue weighted by Crippen LogP contribution is -2.50. The molecule has 0 fully saturated rings. The Balaban J connectivity index is 1.90. The summed E-state index contributed by atoms with van der Waals surface area (Å²) < 4.78 is 26.7. The Kier molecular flexibility index (Phi) is 12.1. The molecular formula is C31H37Cl2N3O4S. The Morgan fingerprint density at radius 3 is 2.24 bits per heavy atom. The number of carbonyl (C=O) groups excluding carboxylic acids is 2. The molecule has 7 nitrogen and oxygen atoms in total. The van der Waals surface area contributed by atoms with Crippen LogP contribution in [0, 0.1) is 6.92 Å². The number of anilines is 1. The predicted molar refractivity (Wildman–Crippen MR) is 167 cm³/mol. The molecule has 0 aliphatic carbocycles. The van der Waals surface area contributed by atoms with E-state index in [4.69, 9.17) is 23.2 Å². The Labute approximate surface area is 253 Å². The highest BCUT2D eigenvalue weighted by Crippen LogP contribution is 2.29. The van der Waals surface area contributed by atoms with Gasteiger partial charge in [-0.05, 0) is 54.7 Å². The second-order valence-electron chi connectivity index (χ2n) is 9.93. The number of amides is 2. The fraction of sp³-hybridized carbons (Fsp3) is 0.355. The summed E-state index contributed by atoms with van der Waals surface area (Å²) >= 11 is 12.7. The van der Waals surface area contributed by atoms with E-state index in [0.717, 1.165) is 23.8 Å². The highest BCUT2D eigenvalue weighted by atomic mass is 35.5. The highest BCUT2D eigenvalue weighted by Gasteiger charge is 2.31. The molecule has 0 saturated carbocycles. The summed E-state index contributed by atoms with van der Waals surface area (Å²) in [5, 5.41) is 3.91. The minimum absolute atomic E-state index is 0.0302. The van der Waals surface area contributed by atoms with Crippen LogP contribution >= 0.6 is 23.2 Å². The zero-order chi connectivity index (χ0) is 30.0. The van der Waals surface area contributed by atoms with Crippen molar-refractivity contribution in [3.05, 3.63) is 99.5 Å². The molecule has 1 N–H and O–H groups in total. The highest BCUT2D eigenvalue weighted by molar-refractivity contribution is 7.92. The number of nitrogens with zero attached hydrogens (tertiary/aromatic N) is 2. The summed E-state index contributed by atoms with van der Waals surface area (Å²) in [7, 11) is -3.64. The fourth-order valence-corrected chi connectivity index (χ4v) is 5.96. The van der Waals surface area contributed by atoms with Crippen molar-refractivity contribution >= 4 is 50.7 Å². The number of carbonyl (C=O) groups is 2. The van der Waals surface area contributed by atoms with Gasteiger partial charge in [-0.25, -0.2) is 8.42 Å². The molecule has 3 aromatic carbocycles. The zero-order valence-corrected chi connectivity index (χ0v) is 26.0.